The van der Waals surface area contributed by atoms with Crippen molar-refractivity contribution < 1.29 is 0 Å². The topological polar surface area (TPSA) is 24.1 Å². The molecular weight excluding hydrogens is 276 g/mol. The first kappa shape index (κ1) is 14.6. The standard InChI is InChI=1S/C18H22N2S/c1-2-7-16(8-3-1)21-13-12-20-18-10-11-19-14-15-6-4-5-9-17(15)18/h1-9,18-20H,10-14H2. The van der Waals surface area contributed by atoms with Crippen LogP contribution in [0.25, 0.3) is 0 Å². The Morgan fingerprint density at radius 1 is 1.05 bits per heavy atom. The highest BCUT2D eigenvalue weighted by Gasteiger charge is 2.16. The third-order valence-corrected chi connectivity index (χ3v) is 4.87. The van der Waals surface area contributed by atoms with Crippen LogP contribution >= 0.6 is 11.8 Å². The molecule has 2 nitrogen and oxygen atoms in total. The maximum Gasteiger partial charge on any atom is 0.0335 e. The lowest BCUT2D eigenvalue weighted by Gasteiger charge is -2.19. The number of nitrogens with one attached hydrogen (secondary N) is 2. The maximum absolute atomic E-state index is 3.73. The molecule has 2 aromatic rings. The summed E-state index contributed by atoms with van der Waals surface area (Å²) in [6, 6.07) is 19.9. The highest BCUT2D eigenvalue weighted by atomic mass is 32.2. The molecule has 1 heterocycles. The van der Waals surface area contributed by atoms with Crippen LogP contribution in [0.4, 0.5) is 0 Å². The van der Waals surface area contributed by atoms with Crippen LogP contribution in [-0.4, -0.2) is 18.8 Å². The lowest BCUT2D eigenvalue weighted by molar-refractivity contribution is 0.512. The summed E-state index contributed by atoms with van der Waals surface area (Å²) in [6.07, 6.45) is 1.16. The van der Waals surface area contributed by atoms with Gasteiger partial charge in [0.05, 0.1) is 0 Å². The van der Waals surface area contributed by atoms with E-state index in [1.807, 2.05) is 11.8 Å². The van der Waals surface area contributed by atoms with Gasteiger partial charge < -0.3 is 10.6 Å². The second-order valence-corrected chi connectivity index (χ2v) is 6.50. The molecule has 3 heteroatoms. The lowest BCUT2D eigenvalue weighted by atomic mass is 9.99. The zero-order chi connectivity index (χ0) is 14.3. The molecule has 2 N–H and O–H groups in total. The minimum absolute atomic E-state index is 0.479. The molecule has 0 radical (unpaired) electrons. The van der Waals surface area contributed by atoms with E-state index in [4.69, 9.17) is 0 Å². The van der Waals surface area contributed by atoms with Gasteiger partial charge in [0.15, 0.2) is 0 Å². The fraction of sp³-hybridized carbons (Fsp3) is 0.333. The highest BCUT2D eigenvalue weighted by Crippen LogP contribution is 2.23. The summed E-state index contributed by atoms with van der Waals surface area (Å²) in [6.45, 7) is 3.11. The normalized spacial score (nSPS) is 18.0. The van der Waals surface area contributed by atoms with E-state index in [1.165, 1.54) is 16.0 Å². The third-order valence-electron chi connectivity index (χ3n) is 3.86. The van der Waals surface area contributed by atoms with E-state index in [1.54, 1.807) is 0 Å². The van der Waals surface area contributed by atoms with Crippen LogP contribution in [0.3, 0.4) is 0 Å². The SMILES string of the molecule is c1ccc(SCCNC2CCNCc3ccccc32)cc1. The summed E-state index contributed by atoms with van der Waals surface area (Å²) in [5.41, 5.74) is 2.90. The fourth-order valence-electron chi connectivity index (χ4n) is 2.79. The van der Waals surface area contributed by atoms with E-state index < -0.39 is 0 Å². The van der Waals surface area contributed by atoms with Crippen molar-refractivity contribution in [3.05, 3.63) is 65.7 Å². The van der Waals surface area contributed by atoms with Crippen LogP contribution in [0.2, 0.25) is 0 Å². The molecule has 3 rings (SSSR count). The van der Waals surface area contributed by atoms with Crippen LogP contribution in [0.5, 0.6) is 0 Å². The van der Waals surface area contributed by atoms with Crippen LogP contribution in [0, 0.1) is 0 Å². The van der Waals surface area contributed by atoms with E-state index in [0.29, 0.717) is 6.04 Å². The molecule has 0 saturated carbocycles. The van der Waals surface area contributed by atoms with Crippen molar-refractivity contribution >= 4 is 11.8 Å². The van der Waals surface area contributed by atoms with Gasteiger partial charge in [0.25, 0.3) is 0 Å². The fourth-order valence-corrected chi connectivity index (χ4v) is 3.60. The summed E-state index contributed by atoms with van der Waals surface area (Å²) < 4.78 is 0. The molecule has 110 valence electrons. The van der Waals surface area contributed by atoms with Crippen LogP contribution < -0.4 is 10.6 Å². The average molecular weight is 298 g/mol. The Kier molecular flexibility index (Phi) is 5.33. The van der Waals surface area contributed by atoms with Crippen molar-refractivity contribution in [3.63, 3.8) is 0 Å². The van der Waals surface area contributed by atoms with Gasteiger partial charge in [0.1, 0.15) is 0 Å². The Bertz CT molecular complexity index is 556. The molecule has 0 spiro atoms. The Labute approximate surface area is 131 Å². The molecule has 0 bridgehead atoms. The quantitative estimate of drug-likeness (QED) is 0.651. The van der Waals surface area contributed by atoms with Crippen LogP contribution in [0.15, 0.2) is 59.5 Å². The average Bonchev–Trinajstić information content (AvgIpc) is 2.75. The number of benzene rings is 2. The van der Waals surface area contributed by atoms with Gasteiger partial charge in [0, 0.05) is 29.8 Å². The van der Waals surface area contributed by atoms with Crippen LogP contribution in [-0.2, 0) is 6.54 Å². The monoisotopic (exact) mass is 298 g/mol. The van der Waals surface area contributed by atoms with Crippen LogP contribution in [0.1, 0.15) is 23.6 Å². The zero-order valence-electron chi connectivity index (χ0n) is 12.2. The largest absolute Gasteiger partial charge is 0.313 e. The van der Waals surface area contributed by atoms with Gasteiger partial charge in [-0.3, -0.25) is 0 Å². The van der Waals surface area contributed by atoms with Crippen molar-refractivity contribution in [2.45, 2.75) is 23.9 Å². The first-order valence-electron chi connectivity index (χ1n) is 7.63. The Morgan fingerprint density at radius 2 is 1.86 bits per heavy atom. The zero-order valence-corrected chi connectivity index (χ0v) is 13.0. The van der Waals surface area contributed by atoms with Crippen molar-refractivity contribution in [1.82, 2.24) is 10.6 Å². The second-order valence-electron chi connectivity index (χ2n) is 5.33. The van der Waals surface area contributed by atoms with Gasteiger partial charge >= 0.3 is 0 Å². The Balaban J connectivity index is 1.53. The maximum atomic E-state index is 3.73. The summed E-state index contributed by atoms with van der Waals surface area (Å²) >= 11 is 1.92. The molecule has 1 aliphatic heterocycles. The molecule has 21 heavy (non-hydrogen) atoms. The molecule has 1 aliphatic rings. The third kappa shape index (κ3) is 4.10. The van der Waals surface area contributed by atoms with Gasteiger partial charge in [-0.2, -0.15) is 0 Å². The number of hydrogen-bond donors (Lipinski definition) is 2. The predicted molar refractivity (Wildman–Crippen MR) is 90.7 cm³/mol. The molecule has 0 saturated heterocycles. The van der Waals surface area contributed by atoms with Crippen molar-refractivity contribution in [2.24, 2.45) is 0 Å². The van der Waals surface area contributed by atoms with Gasteiger partial charge in [-0.15, -0.1) is 11.8 Å². The number of rotatable bonds is 5. The van der Waals surface area contributed by atoms with Gasteiger partial charge in [-0.1, -0.05) is 42.5 Å². The minimum atomic E-state index is 0.479. The first-order chi connectivity index (χ1) is 10.4. The van der Waals surface area contributed by atoms with E-state index >= 15 is 0 Å². The summed E-state index contributed by atoms with van der Waals surface area (Å²) in [5.74, 6) is 1.11. The van der Waals surface area contributed by atoms with Gasteiger partial charge in [0.2, 0.25) is 0 Å². The summed E-state index contributed by atoms with van der Waals surface area (Å²) in [5, 5.41) is 7.23. The molecule has 0 aliphatic carbocycles. The molecule has 0 aromatic heterocycles. The number of thioether (sulfide) groups is 1. The lowest BCUT2D eigenvalue weighted by Crippen LogP contribution is -2.25. The summed E-state index contributed by atoms with van der Waals surface area (Å²) in [7, 11) is 0. The van der Waals surface area contributed by atoms with E-state index in [-0.39, 0.29) is 0 Å². The molecule has 2 aromatic carbocycles. The molecule has 0 fully saturated rings. The van der Waals surface area contributed by atoms with Crippen molar-refractivity contribution in [3.8, 4) is 0 Å². The molecule has 1 unspecified atom stereocenters. The molecule has 0 amide bonds. The second kappa shape index (κ2) is 7.64. The smallest absolute Gasteiger partial charge is 0.0335 e. The number of hydrogen-bond acceptors (Lipinski definition) is 3. The highest BCUT2D eigenvalue weighted by molar-refractivity contribution is 7.99. The molecule has 1 atom stereocenters. The van der Waals surface area contributed by atoms with E-state index in [2.05, 4.69) is 65.2 Å². The summed E-state index contributed by atoms with van der Waals surface area (Å²) in [4.78, 5) is 1.35. The Hall–Kier alpha value is -1.29. The van der Waals surface area contributed by atoms with E-state index in [9.17, 15) is 0 Å². The van der Waals surface area contributed by atoms with E-state index in [0.717, 1.165) is 31.8 Å². The Morgan fingerprint density at radius 3 is 2.76 bits per heavy atom. The molecular formula is C18H22N2S. The first-order valence-corrected chi connectivity index (χ1v) is 8.62. The van der Waals surface area contributed by atoms with Gasteiger partial charge in [-0.05, 0) is 36.2 Å². The van der Waals surface area contributed by atoms with Crippen molar-refractivity contribution in [2.75, 3.05) is 18.8 Å². The van der Waals surface area contributed by atoms with Crippen molar-refractivity contribution in [1.29, 1.82) is 0 Å². The number of fused-ring (bicyclic) bond motifs is 1. The predicted octanol–water partition coefficient (Wildman–Crippen LogP) is 3.60. The van der Waals surface area contributed by atoms with Gasteiger partial charge in [-0.25, -0.2) is 0 Å². The minimum Gasteiger partial charge on any atom is -0.313 e.